The zero-order chi connectivity index (χ0) is 42.5. The summed E-state index contributed by atoms with van der Waals surface area (Å²) in [5.41, 5.74) is -3.20. The van der Waals surface area contributed by atoms with Crippen molar-refractivity contribution >= 4 is 29.8 Å². The molecule has 1 N–H and O–H groups in total. The maximum Gasteiger partial charge on any atom is 0.348 e. The number of aliphatic hydroxyl groups is 1. The zero-order valence-electron chi connectivity index (χ0n) is 37.2. The van der Waals surface area contributed by atoms with Gasteiger partial charge in [0.15, 0.2) is 6.61 Å². The van der Waals surface area contributed by atoms with Crippen LogP contribution in [-0.4, -0.2) is 71.1 Å². The first kappa shape index (κ1) is 65.9. The number of hydrogen-bond acceptors (Lipinski definition) is 11. The van der Waals surface area contributed by atoms with Gasteiger partial charge in [0.05, 0.1) is 21.8 Å². The molecule has 1 saturated heterocycles. The van der Waals surface area contributed by atoms with E-state index in [0.29, 0.717) is 30.6 Å². The Balaban J connectivity index is -0.000000389. The molecule has 0 spiro atoms. The van der Waals surface area contributed by atoms with Gasteiger partial charge in [0.25, 0.3) is 0 Å². The first-order chi connectivity index (χ1) is 25.7. The van der Waals surface area contributed by atoms with E-state index in [1.165, 1.54) is 38.5 Å². The highest BCUT2D eigenvalue weighted by Gasteiger charge is 2.59. The van der Waals surface area contributed by atoms with Crippen LogP contribution in [-0.2, 0) is 47.7 Å². The summed E-state index contributed by atoms with van der Waals surface area (Å²) in [5, 5.41) is 10.6. The van der Waals surface area contributed by atoms with Crippen LogP contribution in [0.2, 0.25) is 0 Å². The molecule has 1 aliphatic heterocycles. The number of carbonyl (C=O) groups excluding carboxylic acids is 5. The molecule has 370 valence electrons. The van der Waals surface area contributed by atoms with E-state index in [1.807, 2.05) is 48.5 Å². The zero-order valence-corrected chi connectivity index (χ0v) is 37.2. The van der Waals surface area contributed by atoms with E-state index >= 15 is 0 Å². The van der Waals surface area contributed by atoms with Crippen LogP contribution in [0.25, 0.3) is 0 Å². The minimum absolute atomic E-state index is 0. The third kappa shape index (κ3) is 17.0. The molecule has 0 radical (unpaired) electrons. The van der Waals surface area contributed by atoms with Crippen molar-refractivity contribution in [2.24, 2.45) is 39.4 Å². The molecule has 3 atom stereocenters. The second-order valence-electron chi connectivity index (χ2n) is 20.8. The Kier molecular flexibility index (Phi) is 26.7. The first-order valence-electron chi connectivity index (χ1n) is 21.4. The molecule has 11 heteroatoms. The molecular formula is C51H100O11. The molecule has 6 aliphatic rings. The van der Waals surface area contributed by atoms with Gasteiger partial charge >= 0.3 is 29.8 Å². The molecule has 0 aromatic heterocycles. The molecule has 1 heterocycles. The lowest BCUT2D eigenvalue weighted by Crippen LogP contribution is -2.61. The van der Waals surface area contributed by atoms with Gasteiger partial charge < -0.3 is 28.8 Å². The SMILES string of the molecule is C.C.C.C.C.C.CCC(C)(C)C(=O)OC(C)(C)C1CCCCC1.CCC(C)(C)C(=O)OC12CC3CC(CC(O)(C3)C1)C2.CCC(C)(C)C(=O)OCC(=O)OC1C(=O)OCC1(C)C. The summed E-state index contributed by atoms with van der Waals surface area (Å²) < 4.78 is 26.6. The summed E-state index contributed by atoms with van der Waals surface area (Å²) in [7, 11) is 0. The van der Waals surface area contributed by atoms with E-state index in [0.717, 1.165) is 38.5 Å². The van der Waals surface area contributed by atoms with Crippen molar-refractivity contribution in [2.45, 2.75) is 247 Å². The number of hydrogen-bond donors (Lipinski definition) is 1. The van der Waals surface area contributed by atoms with Gasteiger partial charge in [-0.05, 0) is 137 Å². The van der Waals surface area contributed by atoms with E-state index in [4.69, 9.17) is 23.7 Å². The number of rotatable bonds is 12. The predicted molar refractivity (Wildman–Crippen MR) is 253 cm³/mol. The quantitative estimate of drug-likeness (QED) is 0.147. The highest BCUT2D eigenvalue weighted by atomic mass is 16.6. The summed E-state index contributed by atoms with van der Waals surface area (Å²) in [5.74, 6) is -0.257. The summed E-state index contributed by atoms with van der Waals surface area (Å²) in [6.07, 6.45) is 13.2. The van der Waals surface area contributed by atoms with Gasteiger partial charge in [-0.2, -0.15) is 0 Å². The number of cyclic esters (lactones) is 1. The van der Waals surface area contributed by atoms with E-state index in [9.17, 15) is 29.1 Å². The van der Waals surface area contributed by atoms with Crippen LogP contribution in [0.15, 0.2) is 0 Å². The van der Waals surface area contributed by atoms with Crippen LogP contribution in [0.4, 0.5) is 0 Å². The first-order valence-corrected chi connectivity index (χ1v) is 21.4. The normalized spacial score (nSPS) is 25.7. The van der Waals surface area contributed by atoms with Gasteiger partial charge in [-0.3, -0.25) is 14.4 Å². The fraction of sp³-hybridized carbons (Fsp3) is 0.902. The maximum absolute atomic E-state index is 12.4. The van der Waals surface area contributed by atoms with Crippen molar-refractivity contribution in [3.8, 4) is 0 Å². The Morgan fingerprint density at radius 1 is 0.694 bits per heavy atom. The molecule has 0 aromatic carbocycles. The minimum Gasteiger partial charge on any atom is -0.462 e. The van der Waals surface area contributed by atoms with Crippen molar-refractivity contribution in [2.75, 3.05) is 13.2 Å². The Labute approximate surface area is 381 Å². The number of ether oxygens (including phenoxy) is 5. The third-order valence-electron chi connectivity index (χ3n) is 13.6. The van der Waals surface area contributed by atoms with Crippen molar-refractivity contribution in [3.05, 3.63) is 0 Å². The van der Waals surface area contributed by atoms with Gasteiger partial charge in [0, 0.05) is 11.8 Å². The fourth-order valence-corrected chi connectivity index (χ4v) is 8.70. The second-order valence-corrected chi connectivity index (χ2v) is 20.8. The molecule has 0 amide bonds. The van der Waals surface area contributed by atoms with Crippen molar-refractivity contribution in [3.63, 3.8) is 0 Å². The summed E-state index contributed by atoms with van der Waals surface area (Å²) in [6, 6.07) is 0. The van der Waals surface area contributed by atoms with Crippen molar-refractivity contribution in [1.29, 1.82) is 0 Å². The summed E-state index contributed by atoms with van der Waals surface area (Å²) in [4.78, 5) is 59.3. The molecule has 6 rings (SSSR count). The second kappa shape index (κ2) is 25.1. The molecule has 62 heavy (non-hydrogen) atoms. The van der Waals surface area contributed by atoms with Gasteiger partial charge in [-0.15, -0.1) is 0 Å². The Hall–Kier alpha value is -2.69. The summed E-state index contributed by atoms with van der Waals surface area (Å²) >= 11 is 0. The lowest BCUT2D eigenvalue weighted by atomic mass is 9.52. The fourth-order valence-electron chi connectivity index (χ4n) is 8.70. The predicted octanol–water partition coefficient (Wildman–Crippen LogP) is 12.7. The Morgan fingerprint density at radius 3 is 1.56 bits per heavy atom. The van der Waals surface area contributed by atoms with Crippen LogP contribution in [0.3, 0.4) is 0 Å². The van der Waals surface area contributed by atoms with E-state index in [-0.39, 0.29) is 79.7 Å². The van der Waals surface area contributed by atoms with E-state index < -0.39 is 52.5 Å². The largest absolute Gasteiger partial charge is 0.462 e. The average Bonchev–Trinajstić information content (AvgIpc) is 3.36. The number of carbonyl (C=O) groups is 5. The molecule has 0 aromatic rings. The molecule has 5 aliphatic carbocycles. The minimum atomic E-state index is -0.951. The lowest BCUT2D eigenvalue weighted by molar-refractivity contribution is -0.225. The lowest BCUT2D eigenvalue weighted by Gasteiger charge is -2.59. The van der Waals surface area contributed by atoms with Gasteiger partial charge in [-0.1, -0.05) is 98.4 Å². The molecule has 11 nitrogen and oxygen atoms in total. The topological polar surface area (TPSA) is 152 Å². The van der Waals surface area contributed by atoms with Crippen LogP contribution >= 0.6 is 0 Å². The van der Waals surface area contributed by atoms with Crippen LogP contribution < -0.4 is 0 Å². The van der Waals surface area contributed by atoms with Crippen molar-refractivity contribution in [1.82, 2.24) is 0 Å². The van der Waals surface area contributed by atoms with Crippen LogP contribution in [0.1, 0.15) is 224 Å². The molecule has 4 bridgehead atoms. The molecular weight excluding hydrogens is 789 g/mol. The van der Waals surface area contributed by atoms with Gasteiger partial charge in [0.2, 0.25) is 6.10 Å². The Morgan fingerprint density at radius 2 is 1.15 bits per heavy atom. The maximum atomic E-state index is 12.4. The number of esters is 5. The van der Waals surface area contributed by atoms with E-state index in [2.05, 4.69) is 13.8 Å². The molecule has 3 unspecified atom stereocenters. The Bertz CT molecular complexity index is 1390. The summed E-state index contributed by atoms with van der Waals surface area (Å²) in [6.45, 7) is 24.6. The monoisotopic (exact) mass is 889 g/mol. The molecule has 6 fully saturated rings. The highest BCUT2D eigenvalue weighted by molar-refractivity contribution is 5.84. The smallest absolute Gasteiger partial charge is 0.348 e. The third-order valence-corrected chi connectivity index (χ3v) is 13.6. The van der Waals surface area contributed by atoms with Crippen LogP contribution in [0, 0.1) is 39.4 Å². The molecule has 5 saturated carbocycles. The standard InChI is InChI=1S/C16H26O3.C15H28O2.C14H22O6.6CH4/c1-4-14(2,3)13(17)19-16-8-11-5-12(9-16)7-15(18,6-11)10-16;1-6-14(2,3)13(16)17-15(4,5)12-10-8-7-9-11-12;1-6-13(2,3)12(17)18-7-9(15)20-10-11(16)19-8-14(10,4)5;;;;;;/h11-12,18H,4-10H2,1-3H3;12H,6-11H2,1-5H3;10H,6-8H2,1-5H3;6*1H4. The van der Waals surface area contributed by atoms with Crippen LogP contribution in [0.5, 0.6) is 0 Å². The van der Waals surface area contributed by atoms with Gasteiger partial charge in [0.1, 0.15) is 17.8 Å². The highest BCUT2D eigenvalue weighted by Crippen LogP contribution is 2.59. The van der Waals surface area contributed by atoms with E-state index in [1.54, 1.807) is 27.7 Å². The van der Waals surface area contributed by atoms with Crippen molar-refractivity contribution < 1.29 is 52.8 Å². The average molecular weight is 889 g/mol. The van der Waals surface area contributed by atoms with Gasteiger partial charge in [-0.25, -0.2) is 9.59 Å².